The molecule has 1 N–H and O–H groups in total. The maximum absolute atomic E-state index is 12.1. The Balaban J connectivity index is 3.01. The fourth-order valence-electron chi connectivity index (χ4n) is 2.08. The molecule has 0 aromatic carbocycles. The molecule has 1 heterocycles. The molecular formula is C12H21NO5. The van der Waals surface area contributed by atoms with E-state index in [2.05, 4.69) is 0 Å². The second-order valence-electron chi connectivity index (χ2n) is 5.90. The largest absolute Gasteiger partial charge is 0.480 e. The van der Waals surface area contributed by atoms with Gasteiger partial charge in [0.1, 0.15) is 11.3 Å². The number of carboxylic acids is 1. The van der Waals surface area contributed by atoms with Crippen molar-refractivity contribution < 1.29 is 24.2 Å². The summed E-state index contributed by atoms with van der Waals surface area (Å²) in [6.45, 7) is 10.1. The van der Waals surface area contributed by atoms with Gasteiger partial charge < -0.3 is 14.6 Å². The molecule has 2 atom stereocenters. The number of carbonyl (C=O) groups is 2. The Morgan fingerprint density at radius 2 is 1.83 bits per heavy atom. The Morgan fingerprint density at radius 3 is 2.22 bits per heavy atom. The maximum atomic E-state index is 12.1. The smallest absolute Gasteiger partial charge is 0.413 e. The number of carboxylic acid groups (broad SMARTS) is 1. The van der Waals surface area contributed by atoms with E-state index in [0.717, 1.165) is 4.90 Å². The molecule has 0 aromatic rings. The first-order valence-electron chi connectivity index (χ1n) is 5.88. The molecule has 1 amide bonds. The van der Waals surface area contributed by atoms with Gasteiger partial charge in [-0.05, 0) is 41.5 Å². The number of aliphatic carboxylic acids is 1. The van der Waals surface area contributed by atoms with Gasteiger partial charge in [0.25, 0.3) is 0 Å². The van der Waals surface area contributed by atoms with E-state index in [0.29, 0.717) is 0 Å². The highest BCUT2D eigenvalue weighted by Crippen LogP contribution is 2.33. The van der Waals surface area contributed by atoms with Gasteiger partial charge in [0.15, 0.2) is 6.04 Å². The molecule has 0 radical (unpaired) electrons. The summed E-state index contributed by atoms with van der Waals surface area (Å²) in [7, 11) is 0. The van der Waals surface area contributed by atoms with E-state index in [-0.39, 0.29) is 0 Å². The molecule has 18 heavy (non-hydrogen) atoms. The summed E-state index contributed by atoms with van der Waals surface area (Å²) in [4.78, 5) is 24.5. The van der Waals surface area contributed by atoms with Crippen molar-refractivity contribution in [2.45, 2.75) is 65.0 Å². The van der Waals surface area contributed by atoms with Crippen LogP contribution in [0.25, 0.3) is 0 Å². The molecule has 104 valence electrons. The Kier molecular flexibility index (Phi) is 3.63. The van der Waals surface area contributed by atoms with Crippen LogP contribution >= 0.6 is 0 Å². The molecule has 0 spiro atoms. The van der Waals surface area contributed by atoms with Gasteiger partial charge >= 0.3 is 12.1 Å². The molecule has 1 aliphatic rings. The first kappa shape index (κ1) is 14.8. The van der Waals surface area contributed by atoms with Crippen LogP contribution in [0.3, 0.4) is 0 Å². The van der Waals surface area contributed by atoms with Gasteiger partial charge in [-0.2, -0.15) is 0 Å². The van der Waals surface area contributed by atoms with Crippen molar-refractivity contribution in [2.75, 3.05) is 0 Å². The molecule has 6 heteroatoms. The molecule has 1 aliphatic heterocycles. The van der Waals surface area contributed by atoms with Crippen LogP contribution in [0.2, 0.25) is 0 Å². The van der Waals surface area contributed by atoms with Gasteiger partial charge in [-0.15, -0.1) is 0 Å². The monoisotopic (exact) mass is 259 g/mol. The lowest BCUT2D eigenvalue weighted by Crippen LogP contribution is -2.52. The first-order valence-corrected chi connectivity index (χ1v) is 5.88. The first-order chi connectivity index (χ1) is 7.96. The van der Waals surface area contributed by atoms with Crippen molar-refractivity contribution >= 4 is 12.1 Å². The van der Waals surface area contributed by atoms with Gasteiger partial charge in [0.2, 0.25) is 0 Å². The van der Waals surface area contributed by atoms with E-state index < -0.39 is 35.5 Å². The normalized spacial score (nSPS) is 27.1. The Labute approximate surface area is 107 Å². The molecular weight excluding hydrogens is 238 g/mol. The molecule has 0 aromatic heterocycles. The zero-order chi connectivity index (χ0) is 14.3. The number of hydrogen-bond acceptors (Lipinski definition) is 4. The van der Waals surface area contributed by atoms with Crippen molar-refractivity contribution in [3.8, 4) is 0 Å². The second kappa shape index (κ2) is 4.42. The van der Waals surface area contributed by atoms with Crippen molar-refractivity contribution in [1.29, 1.82) is 0 Å². The molecule has 0 aliphatic carbocycles. The fourth-order valence-corrected chi connectivity index (χ4v) is 2.08. The number of nitrogens with zero attached hydrogens (tertiary/aromatic N) is 1. The minimum atomic E-state index is -1.10. The number of rotatable bonds is 1. The minimum absolute atomic E-state index is 0.579. The third kappa shape index (κ3) is 2.93. The summed E-state index contributed by atoms with van der Waals surface area (Å²) in [5.74, 6) is -1.10. The van der Waals surface area contributed by atoms with Crippen LogP contribution in [0.4, 0.5) is 4.79 Å². The van der Waals surface area contributed by atoms with Gasteiger partial charge in [-0.1, -0.05) is 0 Å². The predicted molar refractivity (Wildman–Crippen MR) is 64.1 cm³/mol. The van der Waals surface area contributed by atoms with Gasteiger partial charge in [0, 0.05) is 0 Å². The maximum Gasteiger partial charge on any atom is 0.413 e. The molecule has 1 saturated heterocycles. The molecule has 0 unspecified atom stereocenters. The SMILES string of the molecule is C[C@@H]1OC(C)(C)N(C(=O)OC(C)(C)C)[C@H]1C(=O)O. The van der Waals surface area contributed by atoms with E-state index in [4.69, 9.17) is 9.47 Å². The quantitative estimate of drug-likeness (QED) is 0.777. The summed E-state index contributed by atoms with van der Waals surface area (Å²) in [5.41, 5.74) is -1.67. The van der Waals surface area contributed by atoms with E-state index in [1.165, 1.54) is 0 Å². The van der Waals surface area contributed by atoms with Gasteiger partial charge in [-0.3, -0.25) is 4.90 Å². The summed E-state index contributed by atoms with van der Waals surface area (Å²) < 4.78 is 10.7. The fraction of sp³-hybridized carbons (Fsp3) is 0.833. The van der Waals surface area contributed by atoms with Crippen LogP contribution in [0, 0.1) is 0 Å². The minimum Gasteiger partial charge on any atom is -0.480 e. The van der Waals surface area contributed by atoms with E-state index in [1.807, 2.05) is 0 Å². The van der Waals surface area contributed by atoms with E-state index in [9.17, 15) is 14.7 Å². The van der Waals surface area contributed by atoms with Crippen LogP contribution in [-0.2, 0) is 14.3 Å². The molecule has 0 saturated carbocycles. The Morgan fingerprint density at radius 1 is 1.33 bits per heavy atom. The number of carbonyl (C=O) groups excluding carboxylic acids is 1. The molecule has 6 nitrogen and oxygen atoms in total. The van der Waals surface area contributed by atoms with Crippen LogP contribution in [0.1, 0.15) is 41.5 Å². The lowest BCUT2D eigenvalue weighted by molar-refractivity contribution is -0.143. The summed E-state index contributed by atoms with van der Waals surface area (Å²) in [5, 5.41) is 9.20. The highest BCUT2D eigenvalue weighted by Gasteiger charge is 2.52. The predicted octanol–water partition coefficient (Wildman–Crippen LogP) is 1.83. The van der Waals surface area contributed by atoms with Gasteiger partial charge in [0.05, 0.1) is 6.10 Å². The molecule has 0 bridgehead atoms. The van der Waals surface area contributed by atoms with E-state index in [1.54, 1.807) is 41.5 Å². The number of hydrogen-bond donors (Lipinski definition) is 1. The van der Waals surface area contributed by atoms with E-state index >= 15 is 0 Å². The number of ether oxygens (including phenoxy) is 2. The van der Waals surface area contributed by atoms with Gasteiger partial charge in [-0.25, -0.2) is 9.59 Å². The summed E-state index contributed by atoms with van der Waals surface area (Å²) in [6, 6.07) is -1.03. The standard InChI is InChI=1S/C12H21NO5/c1-7-8(9(14)15)13(12(5,6)17-7)10(16)18-11(2,3)4/h7-8H,1-6H3,(H,14,15)/t7-,8+/m0/s1. The highest BCUT2D eigenvalue weighted by atomic mass is 16.6. The second-order valence-corrected chi connectivity index (χ2v) is 5.90. The average Bonchev–Trinajstić information content (AvgIpc) is 2.31. The zero-order valence-electron chi connectivity index (χ0n) is 11.7. The summed E-state index contributed by atoms with van der Waals surface area (Å²) in [6.07, 6.45) is -1.26. The van der Waals surface area contributed by atoms with Crippen LogP contribution in [0.5, 0.6) is 0 Å². The van der Waals surface area contributed by atoms with Crippen molar-refractivity contribution in [3.63, 3.8) is 0 Å². The lowest BCUT2D eigenvalue weighted by Gasteiger charge is -2.33. The lowest BCUT2D eigenvalue weighted by atomic mass is 10.1. The molecule has 1 rings (SSSR count). The third-order valence-electron chi connectivity index (χ3n) is 2.62. The summed E-state index contributed by atoms with van der Waals surface area (Å²) >= 11 is 0. The number of amides is 1. The van der Waals surface area contributed by atoms with Crippen molar-refractivity contribution in [3.05, 3.63) is 0 Å². The van der Waals surface area contributed by atoms with Crippen LogP contribution < -0.4 is 0 Å². The van der Waals surface area contributed by atoms with Crippen LogP contribution in [0.15, 0.2) is 0 Å². The average molecular weight is 259 g/mol. The Hall–Kier alpha value is -1.30. The van der Waals surface area contributed by atoms with Crippen molar-refractivity contribution in [2.24, 2.45) is 0 Å². The Bertz CT molecular complexity index is 358. The van der Waals surface area contributed by atoms with Crippen molar-refractivity contribution in [1.82, 2.24) is 4.90 Å². The van der Waals surface area contributed by atoms with Crippen LogP contribution in [-0.4, -0.2) is 45.5 Å². The highest BCUT2D eigenvalue weighted by molar-refractivity contribution is 5.82. The molecule has 1 fully saturated rings. The zero-order valence-corrected chi connectivity index (χ0v) is 11.7. The topological polar surface area (TPSA) is 76.1 Å². The third-order valence-corrected chi connectivity index (χ3v) is 2.62.